The lowest BCUT2D eigenvalue weighted by molar-refractivity contribution is -0.131. The van der Waals surface area contributed by atoms with E-state index < -0.39 is 23.8 Å². The second-order valence-corrected chi connectivity index (χ2v) is 5.13. The molecule has 1 aromatic carbocycles. The van der Waals surface area contributed by atoms with Gasteiger partial charge in [-0.2, -0.15) is 0 Å². The highest BCUT2D eigenvalue weighted by molar-refractivity contribution is 6.32. The van der Waals surface area contributed by atoms with Gasteiger partial charge in [-0.05, 0) is 36.4 Å². The monoisotopic (exact) mass is 338 g/mol. The number of nitrogens with zero attached hydrogens (tertiary/aromatic N) is 3. The molecule has 8 nitrogen and oxygen atoms in total. The Morgan fingerprint density at radius 1 is 1.20 bits per heavy atom. The van der Waals surface area contributed by atoms with Crippen molar-refractivity contribution in [2.24, 2.45) is 10.9 Å². The minimum atomic E-state index is -1.21. The third-order valence-corrected chi connectivity index (χ3v) is 3.55. The van der Waals surface area contributed by atoms with Crippen LogP contribution in [0.2, 0.25) is 0 Å². The number of pyridine rings is 1. The molecular weight excluding hydrogens is 324 g/mol. The van der Waals surface area contributed by atoms with Gasteiger partial charge in [0.05, 0.1) is 24.7 Å². The molecule has 0 unspecified atom stereocenters. The molecule has 4 amide bonds. The molecule has 25 heavy (non-hydrogen) atoms. The van der Waals surface area contributed by atoms with Gasteiger partial charge < -0.3 is 4.74 Å². The quantitative estimate of drug-likeness (QED) is 0.675. The maximum atomic E-state index is 12.6. The van der Waals surface area contributed by atoms with Crippen LogP contribution < -0.4 is 15.0 Å². The SMILES string of the molecule is COc1ccc(N2C(=O)NC(=O)[C@@H](C=Nc3cccnc3)C2=O)cc1. The van der Waals surface area contributed by atoms with Gasteiger partial charge in [0.25, 0.3) is 5.91 Å². The fourth-order valence-corrected chi connectivity index (χ4v) is 2.29. The first-order valence-corrected chi connectivity index (χ1v) is 7.37. The molecule has 8 heteroatoms. The normalized spacial score (nSPS) is 17.7. The van der Waals surface area contributed by atoms with Crippen molar-refractivity contribution in [3.8, 4) is 5.75 Å². The summed E-state index contributed by atoms with van der Waals surface area (Å²) in [7, 11) is 1.51. The van der Waals surface area contributed by atoms with Gasteiger partial charge in [-0.3, -0.25) is 24.9 Å². The Labute approximate surface area is 143 Å². The van der Waals surface area contributed by atoms with Crippen molar-refractivity contribution >= 4 is 35.4 Å². The van der Waals surface area contributed by atoms with Crippen molar-refractivity contribution in [3.63, 3.8) is 0 Å². The third kappa shape index (κ3) is 3.37. The van der Waals surface area contributed by atoms with Gasteiger partial charge in [-0.15, -0.1) is 0 Å². The predicted molar refractivity (Wildman–Crippen MR) is 89.9 cm³/mol. The van der Waals surface area contributed by atoms with Crippen LogP contribution in [0.25, 0.3) is 0 Å². The zero-order valence-electron chi connectivity index (χ0n) is 13.2. The van der Waals surface area contributed by atoms with E-state index in [1.54, 1.807) is 42.6 Å². The minimum Gasteiger partial charge on any atom is -0.497 e. The molecule has 0 radical (unpaired) electrons. The number of nitrogens with one attached hydrogen (secondary N) is 1. The average molecular weight is 338 g/mol. The number of barbiturate groups is 1. The minimum absolute atomic E-state index is 0.329. The van der Waals surface area contributed by atoms with Gasteiger partial charge in [-0.25, -0.2) is 9.69 Å². The average Bonchev–Trinajstić information content (AvgIpc) is 2.62. The number of ether oxygens (including phenoxy) is 1. The first kappa shape index (κ1) is 16.3. The van der Waals surface area contributed by atoms with Crippen LogP contribution in [0.5, 0.6) is 5.75 Å². The Kier molecular flexibility index (Phi) is 4.51. The second kappa shape index (κ2) is 6.91. The summed E-state index contributed by atoms with van der Waals surface area (Å²) < 4.78 is 5.05. The van der Waals surface area contributed by atoms with Gasteiger partial charge in [0, 0.05) is 12.4 Å². The molecule has 0 spiro atoms. The van der Waals surface area contributed by atoms with E-state index in [0.717, 1.165) is 4.90 Å². The summed E-state index contributed by atoms with van der Waals surface area (Å²) in [5.74, 6) is -2.02. The molecule has 3 rings (SSSR count). The Hall–Kier alpha value is -3.55. The van der Waals surface area contributed by atoms with Crippen LogP contribution in [0.3, 0.4) is 0 Å². The molecule has 2 aromatic rings. The molecule has 0 saturated carbocycles. The van der Waals surface area contributed by atoms with Crippen molar-refractivity contribution in [1.82, 2.24) is 10.3 Å². The molecule has 1 saturated heterocycles. The number of methoxy groups -OCH3 is 1. The maximum absolute atomic E-state index is 12.6. The molecule has 1 fully saturated rings. The van der Waals surface area contributed by atoms with Gasteiger partial charge in [0.15, 0.2) is 5.92 Å². The summed E-state index contributed by atoms with van der Waals surface area (Å²) in [6.45, 7) is 0. The number of anilines is 1. The number of rotatable bonds is 4. The molecule has 0 bridgehead atoms. The van der Waals surface area contributed by atoms with Crippen LogP contribution in [-0.4, -0.2) is 36.2 Å². The number of hydrogen-bond donors (Lipinski definition) is 1. The maximum Gasteiger partial charge on any atom is 0.335 e. The molecule has 0 aliphatic carbocycles. The first-order chi connectivity index (χ1) is 12.1. The zero-order valence-corrected chi connectivity index (χ0v) is 13.2. The molecule has 2 heterocycles. The number of hydrogen-bond acceptors (Lipinski definition) is 6. The number of aliphatic imine (C=N–C) groups is 1. The number of urea groups is 1. The fourth-order valence-electron chi connectivity index (χ4n) is 2.29. The van der Waals surface area contributed by atoms with Crippen LogP contribution in [0.15, 0.2) is 53.8 Å². The van der Waals surface area contributed by atoms with E-state index in [-0.39, 0.29) is 0 Å². The van der Waals surface area contributed by atoms with E-state index in [2.05, 4.69) is 15.3 Å². The van der Waals surface area contributed by atoms with E-state index in [1.165, 1.54) is 19.5 Å². The Morgan fingerprint density at radius 3 is 2.60 bits per heavy atom. The molecule has 1 aliphatic rings. The summed E-state index contributed by atoms with van der Waals surface area (Å²) in [6.07, 6.45) is 4.29. The van der Waals surface area contributed by atoms with Gasteiger partial charge in [-0.1, -0.05) is 0 Å². The second-order valence-electron chi connectivity index (χ2n) is 5.13. The summed E-state index contributed by atoms with van der Waals surface area (Å²) in [5, 5.41) is 2.16. The first-order valence-electron chi connectivity index (χ1n) is 7.37. The highest BCUT2D eigenvalue weighted by Gasteiger charge is 2.40. The van der Waals surface area contributed by atoms with Gasteiger partial charge in [0.2, 0.25) is 5.91 Å². The Bertz CT molecular complexity index is 833. The fraction of sp³-hybridized carbons (Fsp3) is 0.118. The number of imide groups is 2. The number of amides is 4. The lowest BCUT2D eigenvalue weighted by atomic mass is 10.1. The topological polar surface area (TPSA) is 101 Å². The van der Waals surface area contributed by atoms with E-state index >= 15 is 0 Å². The summed E-state index contributed by atoms with van der Waals surface area (Å²) in [5.41, 5.74) is 0.826. The molecule has 1 N–H and O–H groups in total. The summed E-state index contributed by atoms with van der Waals surface area (Å²) in [4.78, 5) is 45.6. The van der Waals surface area contributed by atoms with E-state index in [9.17, 15) is 14.4 Å². The number of carbonyl (C=O) groups is 3. The number of benzene rings is 1. The summed E-state index contributed by atoms with van der Waals surface area (Å²) in [6, 6.07) is 8.91. The van der Waals surface area contributed by atoms with E-state index in [1.807, 2.05) is 0 Å². The van der Waals surface area contributed by atoms with Crippen molar-refractivity contribution in [2.45, 2.75) is 0 Å². The molecule has 126 valence electrons. The molecular formula is C17H14N4O4. The third-order valence-electron chi connectivity index (χ3n) is 3.55. The lowest BCUT2D eigenvalue weighted by Gasteiger charge is -2.28. The highest BCUT2D eigenvalue weighted by atomic mass is 16.5. The molecule has 1 atom stereocenters. The van der Waals surface area contributed by atoms with Crippen LogP contribution in [-0.2, 0) is 9.59 Å². The smallest absolute Gasteiger partial charge is 0.335 e. The van der Waals surface area contributed by atoms with Crippen molar-refractivity contribution in [1.29, 1.82) is 0 Å². The number of aromatic nitrogens is 1. The van der Waals surface area contributed by atoms with Crippen molar-refractivity contribution in [3.05, 3.63) is 48.8 Å². The number of carbonyl (C=O) groups excluding carboxylic acids is 3. The van der Waals surface area contributed by atoms with Crippen LogP contribution in [0, 0.1) is 5.92 Å². The Balaban J connectivity index is 1.87. The van der Waals surface area contributed by atoms with Crippen LogP contribution in [0.1, 0.15) is 0 Å². The highest BCUT2D eigenvalue weighted by Crippen LogP contribution is 2.23. The van der Waals surface area contributed by atoms with Crippen LogP contribution in [0.4, 0.5) is 16.2 Å². The molecule has 1 aromatic heterocycles. The van der Waals surface area contributed by atoms with Crippen LogP contribution >= 0.6 is 0 Å². The lowest BCUT2D eigenvalue weighted by Crippen LogP contribution is -2.58. The van der Waals surface area contributed by atoms with Gasteiger partial charge >= 0.3 is 6.03 Å². The van der Waals surface area contributed by atoms with Crippen molar-refractivity contribution in [2.75, 3.05) is 12.0 Å². The largest absolute Gasteiger partial charge is 0.497 e. The zero-order chi connectivity index (χ0) is 17.8. The molecule has 1 aliphatic heterocycles. The standard InChI is InChI=1S/C17H14N4O4/c1-25-13-6-4-12(5-7-13)21-16(23)14(15(22)20-17(21)24)10-19-11-3-2-8-18-9-11/h2-10,14H,1H3,(H,20,22,24)/t14-/m1/s1. The Morgan fingerprint density at radius 2 is 1.96 bits per heavy atom. The van der Waals surface area contributed by atoms with E-state index in [0.29, 0.717) is 17.1 Å². The predicted octanol–water partition coefficient (Wildman–Crippen LogP) is 1.69. The van der Waals surface area contributed by atoms with Gasteiger partial charge in [0.1, 0.15) is 5.75 Å². The van der Waals surface area contributed by atoms with Crippen molar-refractivity contribution < 1.29 is 19.1 Å². The van der Waals surface area contributed by atoms with E-state index in [4.69, 9.17) is 4.74 Å². The summed E-state index contributed by atoms with van der Waals surface area (Å²) >= 11 is 0.